The molecule has 0 spiro atoms. The van der Waals surface area contributed by atoms with Crippen LogP contribution in [0.3, 0.4) is 0 Å². The van der Waals surface area contributed by atoms with E-state index >= 15 is 0 Å². The van der Waals surface area contributed by atoms with Crippen LogP contribution < -0.4 is 0 Å². The molecule has 154 valence electrons. The van der Waals surface area contributed by atoms with E-state index < -0.39 is 11.9 Å². The quantitative estimate of drug-likeness (QED) is 0.443. The maximum absolute atomic E-state index is 11.5. The smallest absolute Gasteiger partial charge is 0.307 e. The Labute approximate surface area is 166 Å². The molecule has 0 saturated carbocycles. The number of allylic oxidation sites excluding steroid dienone is 5. The standard InChI is InChI=1S/C20H31N5O3/c1-3-16(15-25-11-13-28-14-12-25)9-7-5-6-8-10-18(17(4-2)20(26)27)19-21-23-24-22-19/h3,5-8,17-18H,4,9-15H2,1-2H3,(H,26,27)(H,21,22,23,24)/b7-5?,8-6+,16-3?. The molecule has 1 aromatic rings. The Bertz CT molecular complexity index is 663. The van der Waals surface area contributed by atoms with Gasteiger partial charge in [0, 0.05) is 25.6 Å². The Hall–Kier alpha value is -2.32. The summed E-state index contributed by atoms with van der Waals surface area (Å²) in [7, 11) is 0. The number of carboxylic acids is 1. The van der Waals surface area contributed by atoms with Crippen molar-refractivity contribution in [2.24, 2.45) is 5.92 Å². The topological polar surface area (TPSA) is 104 Å². The van der Waals surface area contributed by atoms with Crippen molar-refractivity contribution in [3.63, 3.8) is 0 Å². The number of aromatic nitrogens is 4. The monoisotopic (exact) mass is 389 g/mol. The molecule has 0 radical (unpaired) electrons. The second kappa shape index (κ2) is 12.2. The number of nitrogens with zero attached hydrogens (tertiary/aromatic N) is 4. The summed E-state index contributed by atoms with van der Waals surface area (Å²) in [6, 6.07) is 0. The third kappa shape index (κ3) is 7.01. The number of carboxylic acid groups (broad SMARTS) is 1. The van der Waals surface area contributed by atoms with Crippen molar-refractivity contribution in [1.82, 2.24) is 25.5 Å². The van der Waals surface area contributed by atoms with Gasteiger partial charge in [0.1, 0.15) is 0 Å². The predicted octanol–water partition coefficient (Wildman–Crippen LogP) is 2.57. The summed E-state index contributed by atoms with van der Waals surface area (Å²) in [5.74, 6) is -1.21. The van der Waals surface area contributed by atoms with E-state index in [4.69, 9.17) is 4.74 Å². The van der Waals surface area contributed by atoms with Gasteiger partial charge in [0.05, 0.1) is 19.1 Å². The summed E-state index contributed by atoms with van der Waals surface area (Å²) in [6.45, 7) is 8.51. The second-order valence-electron chi connectivity index (χ2n) is 6.86. The van der Waals surface area contributed by atoms with Crippen LogP contribution in [0.4, 0.5) is 0 Å². The lowest BCUT2D eigenvalue weighted by Gasteiger charge is -2.27. The van der Waals surface area contributed by atoms with Crippen LogP contribution in [0.25, 0.3) is 0 Å². The van der Waals surface area contributed by atoms with E-state index in [2.05, 4.69) is 44.6 Å². The maximum Gasteiger partial charge on any atom is 0.307 e. The molecule has 2 N–H and O–H groups in total. The fourth-order valence-corrected chi connectivity index (χ4v) is 3.33. The molecule has 2 heterocycles. The Balaban J connectivity index is 1.84. The van der Waals surface area contributed by atoms with Crippen molar-refractivity contribution in [1.29, 1.82) is 0 Å². The third-order valence-corrected chi connectivity index (χ3v) is 5.03. The molecule has 8 heteroatoms. The van der Waals surface area contributed by atoms with Crippen LogP contribution in [0.2, 0.25) is 0 Å². The predicted molar refractivity (Wildman–Crippen MR) is 107 cm³/mol. The van der Waals surface area contributed by atoms with Crippen LogP contribution in [0.15, 0.2) is 36.0 Å². The number of H-pyrrole nitrogens is 1. The normalized spacial score (nSPS) is 18.7. The highest BCUT2D eigenvalue weighted by molar-refractivity contribution is 5.71. The molecule has 28 heavy (non-hydrogen) atoms. The molecule has 1 aliphatic rings. The van der Waals surface area contributed by atoms with E-state index in [9.17, 15) is 9.90 Å². The zero-order valence-corrected chi connectivity index (χ0v) is 16.8. The molecule has 1 fully saturated rings. The molecule has 8 nitrogen and oxygen atoms in total. The van der Waals surface area contributed by atoms with Gasteiger partial charge in [0.2, 0.25) is 0 Å². The number of morpholine rings is 1. The molecule has 1 aliphatic heterocycles. The molecule has 0 bridgehead atoms. The Kier molecular flexibility index (Phi) is 9.57. The molecule has 1 saturated heterocycles. The molecule has 2 unspecified atom stereocenters. The molecule has 2 rings (SSSR count). The minimum absolute atomic E-state index is 0.293. The number of nitrogens with one attached hydrogen (secondary N) is 1. The van der Waals surface area contributed by atoms with Crippen LogP contribution in [0.1, 0.15) is 44.9 Å². The zero-order chi connectivity index (χ0) is 20.2. The van der Waals surface area contributed by atoms with Crippen molar-refractivity contribution in [2.75, 3.05) is 32.8 Å². The minimum atomic E-state index is -0.831. The van der Waals surface area contributed by atoms with Crippen LogP contribution >= 0.6 is 0 Å². The highest BCUT2D eigenvalue weighted by Gasteiger charge is 2.29. The Morgan fingerprint density at radius 1 is 1.32 bits per heavy atom. The SMILES string of the molecule is CC=C(CC=C/C=C/CC(c1nn[nH]n1)C(CC)C(=O)O)CN1CCOCC1. The maximum atomic E-state index is 11.5. The average Bonchev–Trinajstić information content (AvgIpc) is 3.23. The van der Waals surface area contributed by atoms with Crippen LogP contribution in [-0.4, -0.2) is 69.4 Å². The zero-order valence-electron chi connectivity index (χ0n) is 16.8. The molecule has 2 atom stereocenters. The molecule has 0 aliphatic carbocycles. The number of tetrazole rings is 1. The largest absolute Gasteiger partial charge is 0.481 e. The number of aromatic amines is 1. The highest BCUT2D eigenvalue weighted by atomic mass is 16.5. The van der Waals surface area contributed by atoms with Gasteiger partial charge < -0.3 is 9.84 Å². The number of ether oxygens (including phenoxy) is 1. The summed E-state index contributed by atoms with van der Waals surface area (Å²) in [6.07, 6.45) is 12.2. The van der Waals surface area contributed by atoms with Gasteiger partial charge in [-0.15, -0.1) is 10.2 Å². The van der Waals surface area contributed by atoms with Gasteiger partial charge >= 0.3 is 5.97 Å². The Morgan fingerprint density at radius 3 is 2.68 bits per heavy atom. The first-order valence-electron chi connectivity index (χ1n) is 9.87. The fourth-order valence-electron chi connectivity index (χ4n) is 3.33. The van der Waals surface area contributed by atoms with E-state index in [1.807, 2.05) is 25.2 Å². The first kappa shape index (κ1) is 22.0. The number of hydrogen-bond acceptors (Lipinski definition) is 6. The lowest BCUT2D eigenvalue weighted by Crippen LogP contribution is -2.37. The van der Waals surface area contributed by atoms with Gasteiger partial charge in [0.25, 0.3) is 0 Å². The van der Waals surface area contributed by atoms with Crippen molar-refractivity contribution in [3.8, 4) is 0 Å². The van der Waals surface area contributed by atoms with Crippen LogP contribution in [0.5, 0.6) is 0 Å². The van der Waals surface area contributed by atoms with Crippen molar-refractivity contribution in [3.05, 3.63) is 41.8 Å². The van der Waals surface area contributed by atoms with E-state index in [0.717, 1.165) is 39.3 Å². The molecular formula is C20H31N5O3. The van der Waals surface area contributed by atoms with E-state index in [0.29, 0.717) is 18.7 Å². The van der Waals surface area contributed by atoms with Crippen molar-refractivity contribution in [2.45, 2.75) is 39.0 Å². The van der Waals surface area contributed by atoms with Gasteiger partial charge in [-0.1, -0.05) is 48.1 Å². The van der Waals surface area contributed by atoms with E-state index in [1.165, 1.54) is 5.57 Å². The van der Waals surface area contributed by atoms with Crippen molar-refractivity contribution >= 4 is 5.97 Å². The van der Waals surface area contributed by atoms with Gasteiger partial charge in [-0.05, 0) is 26.2 Å². The lowest BCUT2D eigenvalue weighted by atomic mass is 9.86. The summed E-state index contributed by atoms with van der Waals surface area (Å²) in [5, 5.41) is 23.4. The van der Waals surface area contributed by atoms with Gasteiger partial charge in [-0.3, -0.25) is 9.69 Å². The van der Waals surface area contributed by atoms with Crippen LogP contribution in [0, 0.1) is 5.92 Å². The summed E-state index contributed by atoms with van der Waals surface area (Å²) in [4.78, 5) is 13.9. The lowest BCUT2D eigenvalue weighted by molar-refractivity contribution is -0.142. The van der Waals surface area contributed by atoms with Gasteiger partial charge in [0.15, 0.2) is 5.82 Å². The summed E-state index contributed by atoms with van der Waals surface area (Å²) >= 11 is 0. The molecule has 0 aromatic carbocycles. The summed E-state index contributed by atoms with van der Waals surface area (Å²) in [5.41, 5.74) is 1.38. The second-order valence-corrected chi connectivity index (χ2v) is 6.86. The van der Waals surface area contributed by atoms with Gasteiger partial charge in [-0.25, -0.2) is 0 Å². The highest BCUT2D eigenvalue weighted by Crippen LogP contribution is 2.28. The van der Waals surface area contributed by atoms with Crippen molar-refractivity contribution < 1.29 is 14.6 Å². The number of rotatable bonds is 11. The third-order valence-electron chi connectivity index (χ3n) is 5.03. The van der Waals surface area contributed by atoms with Crippen LogP contribution in [-0.2, 0) is 9.53 Å². The van der Waals surface area contributed by atoms with E-state index in [-0.39, 0.29) is 5.92 Å². The molecule has 0 amide bonds. The number of aliphatic carboxylic acids is 1. The minimum Gasteiger partial charge on any atom is -0.481 e. The number of carbonyl (C=O) groups is 1. The first-order valence-corrected chi connectivity index (χ1v) is 9.87. The van der Waals surface area contributed by atoms with E-state index in [1.54, 1.807) is 0 Å². The summed E-state index contributed by atoms with van der Waals surface area (Å²) < 4.78 is 5.39. The average molecular weight is 390 g/mol. The molecular weight excluding hydrogens is 358 g/mol. The Morgan fingerprint density at radius 2 is 2.07 bits per heavy atom. The fraction of sp³-hybridized carbons (Fsp3) is 0.600. The molecule has 1 aromatic heterocycles. The van der Waals surface area contributed by atoms with Gasteiger partial charge in [-0.2, -0.15) is 5.21 Å². The number of hydrogen-bond donors (Lipinski definition) is 2. The first-order chi connectivity index (χ1) is 13.7.